The monoisotopic (exact) mass is 482 g/mol. The zero-order chi connectivity index (χ0) is 23.9. The summed E-state index contributed by atoms with van der Waals surface area (Å²) in [7, 11) is -1.58. The van der Waals surface area contributed by atoms with E-state index in [1.807, 2.05) is 12.1 Å². The molecule has 2 amide bonds. The lowest BCUT2D eigenvalue weighted by Gasteiger charge is -2.18. The fourth-order valence-electron chi connectivity index (χ4n) is 4.09. The predicted molar refractivity (Wildman–Crippen MR) is 125 cm³/mol. The van der Waals surface area contributed by atoms with Crippen molar-refractivity contribution in [2.75, 3.05) is 35.9 Å². The van der Waals surface area contributed by atoms with Crippen LogP contribution in [0, 0.1) is 0 Å². The Bertz CT molecular complexity index is 1380. The van der Waals surface area contributed by atoms with Gasteiger partial charge in [0.2, 0.25) is 0 Å². The number of hydrogen-bond donors (Lipinski definition) is 2. The van der Waals surface area contributed by atoms with Gasteiger partial charge < -0.3 is 20.1 Å². The Hall–Kier alpha value is -3.86. The Morgan fingerprint density at radius 3 is 2.71 bits per heavy atom. The highest BCUT2D eigenvalue weighted by molar-refractivity contribution is 7.91. The molecule has 1 atom stereocenters. The number of benzene rings is 2. The Morgan fingerprint density at radius 1 is 1.21 bits per heavy atom. The van der Waals surface area contributed by atoms with Gasteiger partial charge in [-0.25, -0.2) is 8.42 Å². The first-order valence-corrected chi connectivity index (χ1v) is 12.5. The van der Waals surface area contributed by atoms with E-state index >= 15 is 0 Å². The summed E-state index contributed by atoms with van der Waals surface area (Å²) in [4.78, 5) is 24.6. The molecule has 0 aliphatic carbocycles. The lowest BCUT2D eigenvalue weighted by molar-refractivity contribution is -0.118. The van der Waals surface area contributed by atoms with Gasteiger partial charge in [0.15, 0.2) is 22.1 Å². The molecule has 176 valence electrons. The summed E-state index contributed by atoms with van der Waals surface area (Å²) >= 11 is 0. The number of methoxy groups -OCH3 is 1. The van der Waals surface area contributed by atoms with Crippen molar-refractivity contribution < 1.29 is 27.5 Å². The molecule has 2 aliphatic rings. The van der Waals surface area contributed by atoms with Gasteiger partial charge in [0.1, 0.15) is 11.5 Å². The van der Waals surface area contributed by atoms with E-state index in [1.54, 1.807) is 48.2 Å². The van der Waals surface area contributed by atoms with Crippen LogP contribution in [0.1, 0.15) is 23.0 Å². The molecular weight excluding hydrogens is 460 g/mol. The second-order valence-corrected chi connectivity index (χ2v) is 10.4. The standard InChI is InChI=1S/C23H22N4O6S/c1-32-17-5-2-14(3-6-17)20-11-19(26-27(20)16-8-9-34(30,31)13-16)23(29)24-15-4-7-21-18(10-15)25-22(28)12-33-21/h2-7,10-11,16H,8-9,12-13H2,1H3,(H,24,29)(H,25,28). The van der Waals surface area contributed by atoms with Crippen LogP contribution in [0.2, 0.25) is 0 Å². The highest BCUT2D eigenvalue weighted by atomic mass is 32.2. The molecule has 1 unspecified atom stereocenters. The van der Waals surface area contributed by atoms with Crippen LogP contribution in [-0.2, 0) is 14.6 Å². The molecule has 2 aliphatic heterocycles. The lowest BCUT2D eigenvalue weighted by atomic mass is 10.1. The minimum absolute atomic E-state index is 0.0244. The van der Waals surface area contributed by atoms with Crippen LogP contribution in [0.5, 0.6) is 11.5 Å². The van der Waals surface area contributed by atoms with Gasteiger partial charge in [-0.1, -0.05) is 0 Å². The summed E-state index contributed by atoms with van der Waals surface area (Å²) in [6, 6.07) is 13.5. The summed E-state index contributed by atoms with van der Waals surface area (Å²) in [5.74, 6) is 0.529. The molecule has 1 fully saturated rings. The molecule has 5 rings (SSSR count). The van der Waals surface area contributed by atoms with E-state index in [0.717, 1.165) is 5.56 Å². The largest absolute Gasteiger partial charge is 0.497 e. The van der Waals surface area contributed by atoms with Gasteiger partial charge in [-0.15, -0.1) is 0 Å². The maximum Gasteiger partial charge on any atom is 0.276 e. The average molecular weight is 483 g/mol. The molecule has 0 spiro atoms. The molecule has 1 aromatic heterocycles. The van der Waals surface area contributed by atoms with Crippen LogP contribution < -0.4 is 20.1 Å². The lowest BCUT2D eigenvalue weighted by Crippen LogP contribution is -2.25. The van der Waals surface area contributed by atoms with Crippen molar-refractivity contribution in [2.24, 2.45) is 0 Å². The maximum atomic E-state index is 13.0. The van der Waals surface area contributed by atoms with Crippen LogP contribution in [-0.4, -0.2) is 55.2 Å². The Labute approximate surface area is 195 Å². The van der Waals surface area contributed by atoms with E-state index in [4.69, 9.17) is 9.47 Å². The third-order valence-corrected chi connectivity index (χ3v) is 7.53. The van der Waals surface area contributed by atoms with Crippen LogP contribution in [0.3, 0.4) is 0 Å². The van der Waals surface area contributed by atoms with Crippen molar-refractivity contribution in [1.82, 2.24) is 9.78 Å². The maximum absolute atomic E-state index is 13.0. The number of ether oxygens (including phenoxy) is 2. The molecular formula is C23H22N4O6S. The zero-order valence-corrected chi connectivity index (χ0v) is 19.1. The van der Waals surface area contributed by atoms with Crippen molar-refractivity contribution in [3.8, 4) is 22.8 Å². The fraction of sp³-hybridized carbons (Fsp3) is 0.261. The first kappa shape index (κ1) is 22.0. The number of carbonyl (C=O) groups excluding carboxylic acids is 2. The second kappa shape index (κ2) is 8.49. The average Bonchev–Trinajstić information content (AvgIpc) is 3.42. The van der Waals surface area contributed by atoms with E-state index in [0.29, 0.717) is 35.0 Å². The minimum atomic E-state index is -3.15. The SMILES string of the molecule is COc1ccc(-c2cc(C(=O)Nc3ccc4c(c3)NC(=O)CO4)nn2C2CCS(=O)(=O)C2)cc1. The van der Waals surface area contributed by atoms with E-state index < -0.39 is 15.7 Å². The van der Waals surface area contributed by atoms with Crippen LogP contribution in [0.25, 0.3) is 11.3 Å². The predicted octanol–water partition coefficient (Wildman–Crippen LogP) is 2.50. The van der Waals surface area contributed by atoms with Crippen LogP contribution >= 0.6 is 0 Å². The number of nitrogens with zero attached hydrogens (tertiary/aromatic N) is 2. The first-order chi connectivity index (χ1) is 16.3. The number of aromatic nitrogens is 2. The van der Waals surface area contributed by atoms with Gasteiger partial charge in [0.05, 0.1) is 36.0 Å². The van der Waals surface area contributed by atoms with Gasteiger partial charge in [-0.3, -0.25) is 14.3 Å². The number of sulfone groups is 1. The molecule has 0 radical (unpaired) electrons. The highest BCUT2D eigenvalue weighted by Crippen LogP contribution is 2.32. The van der Waals surface area contributed by atoms with E-state index in [1.165, 1.54) is 0 Å². The zero-order valence-electron chi connectivity index (χ0n) is 18.3. The third-order valence-electron chi connectivity index (χ3n) is 5.78. The Balaban J connectivity index is 1.46. The third kappa shape index (κ3) is 4.34. The summed E-state index contributed by atoms with van der Waals surface area (Å²) in [5.41, 5.74) is 2.49. The van der Waals surface area contributed by atoms with E-state index in [-0.39, 0.29) is 35.8 Å². The molecule has 3 heterocycles. The van der Waals surface area contributed by atoms with E-state index in [9.17, 15) is 18.0 Å². The topological polar surface area (TPSA) is 129 Å². The minimum Gasteiger partial charge on any atom is -0.497 e. The number of hydrogen-bond acceptors (Lipinski definition) is 7. The van der Waals surface area contributed by atoms with Gasteiger partial charge in [0, 0.05) is 11.3 Å². The molecule has 2 N–H and O–H groups in total. The number of rotatable bonds is 5. The van der Waals surface area contributed by atoms with E-state index in [2.05, 4.69) is 15.7 Å². The van der Waals surface area contributed by atoms with Gasteiger partial charge >= 0.3 is 0 Å². The fourth-order valence-corrected chi connectivity index (χ4v) is 5.78. The molecule has 10 nitrogen and oxygen atoms in total. The normalized spacial score (nSPS) is 18.5. The van der Waals surface area contributed by atoms with Crippen molar-refractivity contribution >= 4 is 33.0 Å². The van der Waals surface area contributed by atoms with Gasteiger partial charge in [-0.2, -0.15) is 5.10 Å². The molecule has 1 saturated heterocycles. The summed E-state index contributed by atoms with van der Waals surface area (Å²) in [6.45, 7) is -0.0544. The quantitative estimate of drug-likeness (QED) is 0.572. The molecule has 0 saturated carbocycles. The van der Waals surface area contributed by atoms with Gasteiger partial charge in [-0.05, 0) is 55.0 Å². The van der Waals surface area contributed by atoms with Crippen LogP contribution in [0.4, 0.5) is 11.4 Å². The van der Waals surface area contributed by atoms with Crippen molar-refractivity contribution in [2.45, 2.75) is 12.5 Å². The molecule has 34 heavy (non-hydrogen) atoms. The summed E-state index contributed by atoms with van der Waals surface area (Å²) < 4.78 is 36.4. The number of anilines is 2. The Morgan fingerprint density at radius 2 is 2.00 bits per heavy atom. The number of carbonyl (C=O) groups is 2. The summed E-state index contributed by atoms with van der Waals surface area (Å²) in [5, 5.41) is 9.97. The number of nitrogens with one attached hydrogen (secondary N) is 2. The number of amides is 2. The van der Waals surface area contributed by atoms with Crippen molar-refractivity contribution in [1.29, 1.82) is 0 Å². The molecule has 3 aromatic rings. The number of fused-ring (bicyclic) bond motifs is 1. The molecule has 0 bridgehead atoms. The van der Waals surface area contributed by atoms with Crippen molar-refractivity contribution in [3.63, 3.8) is 0 Å². The Kier molecular flexibility index (Phi) is 5.48. The molecule has 2 aromatic carbocycles. The van der Waals surface area contributed by atoms with Gasteiger partial charge in [0.25, 0.3) is 11.8 Å². The van der Waals surface area contributed by atoms with Crippen LogP contribution in [0.15, 0.2) is 48.5 Å². The van der Waals surface area contributed by atoms with Crippen molar-refractivity contribution in [3.05, 3.63) is 54.2 Å². The first-order valence-electron chi connectivity index (χ1n) is 10.6. The summed E-state index contributed by atoms with van der Waals surface area (Å²) in [6.07, 6.45) is 0.429. The highest BCUT2D eigenvalue weighted by Gasteiger charge is 2.32. The second-order valence-electron chi connectivity index (χ2n) is 8.15. The molecule has 11 heteroatoms. The smallest absolute Gasteiger partial charge is 0.276 e.